The second-order valence-corrected chi connectivity index (χ2v) is 3.47. The van der Waals surface area contributed by atoms with Crippen LogP contribution in [0.2, 0.25) is 0 Å². The fraction of sp³-hybridized carbons (Fsp3) is 0.273. The predicted octanol–water partition coefficient (Wildman–Crippen LogP) is 0.897. The summed E-state index contributed by atoms with van der Waals surface area (Å²) >= 11 is 0. The van der Waals surface area contributed by atoms with Crippen molar-refractivity contribution in [1.29, 1.82) is 0 Å². The Labute approximate surface area is 87.2 Å². The summed E-state index contributed by atoms with van der Waals surface area (Å²) in [6.45, 7) is 0. The highest BCUT2D eigenvalue weighted by Gasteiger charge is 2.17. The van der Waals surface area contributed by atoms with Crippen molar-refractivity contribution >= 4 is 17.6 Å². The van der Waals surface area contributed by atoms with Crippen LogP contribution in [0.25, 0.3) is 0 Å². The monoisotopic (exact) mass is 205 g/mol. The summed E-state index contributed by atoms with van der Waals surface area (Å²) in [5, 5.41) is 2.74. The number of amides is 1. The minimum Gasteiger partial charge on any atom is -0.469 e. The van der Waals surface area contributed by atoms with Crippen LogP contribution in [0, 0.1) is 0 Å². The molecule has 0 saturated carbocycles. The first-order chi connectivity index (χ1) is 7.19. The Balaban J connectivity index is 2.20. The molecule has 1 heterocycles. The van der Waals surface area contributed by atoms with Crippen molar-refractivity contribution in [2.75, 3.05) is 12.4 Å². The van der Waals surface area contributed by atoms with Crippen LogP contribution in [-0.4, -0.2) is 19.0 Å². The SMILES string of the molecule is COC(=O)Cc1ccc2c(c1)NC(=O)C2. The van der Waals surface area contributed by atoms with E-state index < -0.39 is 0 Å². The summed E-state index contributed by atoms with van der Waals surface area (Å²) < 4.78 is 4.57. The first kappa shape index (κ1) is 9.71. The van der Waals surface area contributed by atoms with Gasteiger partial charge in [-0.05, 0) is 17.2 Å². The van der Waals surface area contributed by atoms with E-state index in [4.69, 9.17) is 0 Å². The molecule has 0 bridgehead atoms. The predicted molar refractivity (Wildman–Crippen MR) is 54.5 cm³/mol. The van der Waals surface area contributed by atoms with Gasteiger partial charge >= 0.3 is 5.97 Å². The number of fused-ring (bicyclic) bond motifs is 1. The number of esters is 1. The molecule has 1 N–H and O–H groups in total. The summed E-state index contributed by atoms with van der Waals surface area (Å²) in [5.74, 6) is -0.278. The first-order valence-electron chi connectivity index (χ1n) is 4.67. The molecular formula is C11H11NO3. The lowest BCUT2D eigenvalue weighted by Gasteiger charge is -2.03. The van der Waals surface area contributed by atoms with Crippen LogP contribution in [0.15, 0.2) is 18.2 Å². The zero-order valence-electron chi connectivity index (χ0n) is 8.37. The summed E-state index contributed by atoms with van der Waals surface area (Å²) in [6, 6.07) is 5.53. The molecule has 78 valence electrons. The zero-order chi connectivity index (χ0) is 10.8. The molecule has 1 aromatic carbocycles. The normalized spacial score (nSPS) is 13.3. The van der Waals surface area contributed by atoms with Gasteiger partial charge in [0.2, 0.25) is 5.91 Å². The fourth-order valence-electron chi connectivity index (χ4n) is 1.61. The van der Waals surface area contributed by atoms with Gasteiger partial charge in [0.1, 0.15) is 0 Å². The van der Waals surface area contributed by atoms with E-state index >= 15 is 0 Å². The van der Waals surface area contributed by atoms with Gasteiger partial charge in [0.25, 0.3) is 0 Å². The molecule has 1 aromatic rings. The Morgan fingerprint density at radius 2 is 2.33 bits per heavy atom. The number of carbonyl (C=O) groups is 2. The molecule has 0 aliphatic carbocycles. The van der Waals surface area contributed by atoms with Crippen molar-refractivity contribution in [2.24, 2.45) is 0 Å². The van der Waals surface area contributed by atoms with E-state index in [1.807, 2.05) is 18.2 Å². The summed E-state index contributed by atoms with van der Waals surface area (Å²) in [5.41, 5.74) is 2.64. The molecule has 4 nitrogen and oxygen atoms in total. The molecule has 0 spiro atoms. The van der Waals surface area contributed by atoms with Gasteiger partial charge in [-0.25, -0.2) is 0 Å². The molecule has 0 atom stereocenters. The van der Waals surface area contributed by atoms with Gasteiger partial charge in [0.05, 0.1) is 20.0 Å². The van der Waals surface area contributed by atoms with E-state index in [0.717, 1.165) is 16.8 Å². The standard InChI is InChI=1S/C11H11NO3/c1-15-11(14)5-7-2-3-8-6-10(13)12-9(8)4-7/h2-4H,5-6H2,1H3,(H,12,13). The van der Waals surface area contributed by atoms with Crippen molar-refractivity contribution in [3.63, 3.8) is 0 Å². The summed E-state index contributed by atoms with van der Waals surface area (Å²) in [4.78, 5) is 22.1. The molecule has 15 heavy (non-hydrogen) atoms. The smallest absolute Gasteiger partial charge is 0.309 e. The lowest BCUT2D eigenvalue weighted by Crippen LogP contribution is -2.05. The maximum atomic E-state index is 11.1. The quantitative estimate of drug-likeness (QED) is 0.730. The molecule has 0 radical (unpaired) electrons. The van der Waals surface area contributed by atoms with Gasteiger partial charge in [-0.15, -0.1) is 0 Å². The highest BCUT2D eigenvalue weighted by molar-refractivity contribution is 5.99. The molecule has 1 amide bonds. The van der Waals surface area contributed by atoms with Gasteiger partial charge < -0.3 is 10.1 Å². The lowest BCUT2D eigenvalue weighted by atomic mass is 10.1. The van der Waals surface area contributed by atoms with Crippen LogP contribution in [-0.2, 0) is 27.2 Å². The molecule has 2 rings (SSSR count). The first-order valence-corrected chi connectivity index (χ1v) is 4.67. The Morgan fingerprint density at radius 3 is 3.07 bits per heavy atom. The van der Waals surface area contributed by atoms with Gasteiger partial charge in [-0.1, -0.05) is 12.1 Å². The largest absolute Gasteiger partial charge is 0.469 e. The average molecular weight is 205 g/mol. The molecular weight excluding hydrogens is 194 g/mol. The zero-order valence-corrected chi connectivity index (χ0v) is 8.37. The van der Waals surface area contributed by atoms with Gasteiger partial charge in [-0.2, -0.15) is 0 Å². The number of nitrogens with one attached hydrogen (secondary N) is 1. The molecule has 1 aliphatic rings. The van der Waals surface area contributed by atoms with Gasteiger partial charge in [0.15, 0.2) is 0 Å². The number of anilines is 1. The highest BCUT2D eigenvalue weighted by Crippen LogP contribution is 2.24. The molecule has 4 heteroatoms. The van der Waals surface area contributed by atoms with Crippen molar-refractivity contribution in [1.82, 2.24) is 0 Å². The van der Waals surface area contributed by atoms with Crippen LogP contribution in [0.1, 0.15) is 11.1 Å². The van der Waals surface area contributed by atoms with E-state index in [1.54, 1.807) is 0 Å². The molecule has 0 unspecified atom stereocenters. The van der Waals surface area contributed by atoms with Crippen molar-refractivity contribution < 1.29 is 14.3 Å². The molecule has 0 saturated heterocycles. The van der Waals surface area contributed by atoms with Crippen LogP contribution >= 0.6 is 0 Å². The summed E-state index contributed by atoms with van der Waals surface area (Å²) in [6.07, 6.45) is 0.660. The maximum absolute atomic E-state index is 11.1. The fourth-order valence-corrected chi connectivity index (χ4v) is 1.61. The highest BCUT2D eigenvalue weighted by atomic mass is 16.5. The lowest BCUT2D eigenvalue weighted by molar-refractivity contribution is -0.139. The van der Waals surface area contributed by atoms with Crippen LogP contribution in [0.5, 0.6) is 0 Å². The third-order valence-electron chi connectivity index (χ3n) is 2.38. The van der Waals surface area contributed by atoms with E-state index in [2.05, 4.69) is 10.1 Å². The Hall–Kier alpha value is -1.84. The van der Waals surface area contributed by atoms with E-state index in [9.17, 15) is 9.59 Å². The van der Waals surface area contributed by atoms with E-state index in [0.29, 0.717) is 6.42 Å². The number of ether oxygens (including phenoxy) is 1. The number of hydrogen-bond acceptors (Lipinski definition) is 3. The van der Waals surface area contributed by atoms with Crippen molar-refractivity contribution in [3.8, 4) is 0 Å². The van der Waals surface area contributed by atoms with Crippen molar-refractivity contribution in [3.05, 3.63) is 29.3 Å². The Kier molecular flexibility index (Phi) is 2.41. The van der Waals surface area contributed by atoms with Crippen LogP contribution in [0.4, 0.5) is 5.69 Å². The average Bonchev–Trinajstić information content (AvgIpc) is 2.57. The minimum absolute atomic E-state index is 0.000202. The van der Waals surface area contributed by atoms with Crippen LogP contribution in [0.3, 0.4) is 0 Å². The summed E-state index contributed by atoms with van der Waals surface area (Å²) in [7, 11) is 1.36. The topological polar surface area (TPSA) is 55.4 Å². The van der Waals surface area contributed by atoms with E-state index in [-0.39, 0.29) is 18.3 Å². The second kappa shape index (κ2) is 3.73. The minimum atomic E-state index is -0.278. The number of benzene rings is 1. The molecule has 0 aromatic heterocycles. The third-order valence-corrected chi connectivity index (χ3v) is 2.38. The second-order valence-electron chi connectivity index (χ2n) is 3.47. The van der Waals surface area contributed by atoms with Crippen LogP contribution < -0.4 is 5.32 Å². The van der Waals surface area contributed by atoms with E-state index in [1.165, 1.54) is 7.11 Å². The van der Waals surface area contributed by atoms with Crippen molar-refractivity contribution in [2.45, 2.75) is 12.8 Å². The van der Waals surface area contributed by atoms with Gasteiger partial charge in [-0.3, -0.25) is 9.59 Å². The molecule has 0 fully saturated rings. The number of methoxy groups -OCH3 is 1. The number of rotatable bonds is 2. The van der Waals surface area contributed by atoms with Gasteiger partial charge in [0, 0.05) is 5.69 Å². The maximum Gasteiger partial charge on any atom is 0.309 e. The number of carbonyl (C=O) groups excluding carboxylic acids is 2. The third kappa shape index (κ3) is 1.98. The Morgan fingerprint density at radius 1 is 1.53 bits per heavy atom. The molecule has 1 aliphatic heterocycles. The Bertz CT molecular complexity index is 426. The number of hydrogen-bond donors (Lipinski definition) is 1.